The van der Waals surface area contributed by atoms with Crippen molar-refractivity contribution in [1.29, 1.82) is 0 Å². The van der Waals surface area contributed by atoms with Gasteiger partial charge in [-0.05, 0) is 34.7 Å². The molecule has 2 nitrogen and oxygen atoms in total. The fourth-order valence-electron chi connectivity index (χ4n) is 2.66. The van der Waals surface area contributed by atoms with Gasteiger partial charge in [-0.2, -0.15) is 0 Å². The lowest BCUT2D eigenvalue weighted by Crippen LogP contribution is -2.15. The van der Waals surface area contributed by atoms with Crippen LogP contribution in [0, 0.1) is 0 Å². The van der Waals surface area contributed by atoms with Crippen molar-refractivity contribution < 1.29 is 4.21 Å². The number of nitrogens with two attached hydrogens (primary N) is 1. The molecule has 2 heterocycles. The number of benzene rings is 2. The Morgan fingerprint density at radius 2 is 2.00 bits per heavy atom. The molecule has 16 heavy (non-hydrogen) atoms. The molecule has 0 radical (unpaired) electrons. The van der Waals surface area contributed by atoms with E-state index in [9.17, 15) is 4.21 Å². The van der Waals surface area contributed by atoms with E-state index in [0.717, 1.165) is 21.9 Å². The Bertz CT molecular complexity index is 676. The quantitative estimate of drug-likeness (QED) is 0.468. The Kier molecular flexibility index (Phi) is 1.36. The molecule has 0 amide bonds. The SMILES string of the molecule is Nc1c2cc3c(c1S2=O)Cc1ccccc1-3. The summed E-state index contributed by atoms with van der Waals surface area (Å²) in [5, 5.41) is 0. The number of fused-ring (bicyclic) bond motifs is 1. The molecule has 2 aromatic carbocycles. The van der Waals surface area contributed by atoms with Gasteiger partial charge in [-0.15, -0.1) is 0 Å². The van der Waals surface area contributed by atoms with Gasteiger partial charge >= 0.3 is 0 Å². The van der Waals surface area contributed by atoms with Gasteiger partial charge in [0.1, 0.15) is 0 Å². The van der Waals surface area contributed by atoms with Gasteiger partial charge in [-0.3, -0.25) is 0 Å². The standard InChI is InChI=1S/C13H9NOS/c14-12-11-6-9-8-4-2-1-3-7(8)5-10(9)13(12)16(11)15/h1-4,6H,5,14H2. The third kappa shape index (κ3) is 0.780. The molecule has 0 saturated heterocycles. The molecule has 2 N–H and O–H groups in total. The number of rotatable bonds is 0. The Morgan fingerprint density at radius 3 is 2.81 bits per heavy atom. The summed E-state index contributed by atoms with van der Waals surface area (Å²) in [6.07, 6.45) is 0.872. The number of hydrogen-bond donors (Lipinski definition) is 1. The minimum Gasteiger partial charge on any atom is -0.397 e. The van der Waals surface area contributed by atoms with E-state index in [1.54, 1.807) is 0 Å². The zero-order valence-corrected chi connectivity index (χ0v) is 9.30. The van der Waals surface area contributed by atoms with Crippen LogP contribution in [0.25, 0.3) is 11.1 Å². The van der Waals surface area contributed by atoms with Gasteiger partial charge in [0, 0.05) is 0 Å². The van der Waals surface area contributed by atoms with Crippen molar-refractivity contribution in [2.75, 3.05) is 5.73 Å². The maximum absolute atomic E-state index is 11.8. The molecule has 5 rings (SSSR count). The Hall–Kier alpha value is -1.61. The van der Waals surface area contributed by atoms with Crippen LogP contribution in [0.1, 0.15) is 11.1 Å². The van der Waals surface area contributed by atoms with Gasteiger partial charge in [-0.1, -0.05) is 24.3 Å². The first-order valence-corrected chi connectivity index (χ1v) is 6.38. The average Bonchev–Trinajstić information content (AvgIpc) is 2.67. The predicted molar refractivity (Wildman–Crippen MR) is 63.8 cm³/mol. The van der Waals surface area contributed by atoms with E-state index in [4.69, 9.17) is 5.73 Å². The smallest absolute Gasteiger partial charge is 0.0895 e. The third-order valence-electron chi connectivity index (χ3n) is 3.44. The van der Waals surface area contributed by atoms with Crippen LogP contribution in [0.4, 0.5) is 5.69 Å². The van der Waals surface area contributed by atoms with Crippen LogP contribution in [-0.4, -0.2) is 4.21 Å². The predicted octanol–water partition coefficient (Wildman–Crippen LogP) is 2.32. The molecular weight excluding hydrogens is 218 g/mol. The molecule has 1 unspecified atom stereocenters. The highest BCUT2D eigenvalue weighted by Crippen LogP contribution is 2.50. The van der Waals surface area contributed by atoms with Crippen LogP contribution < -0.4 is 5.73 Å². The molecule has 78 valence electrons. The summed E-state index contributed by atoms with van der Waals surface area (Å²) >= 11 is 0. The van der Waals surface area contributed by atoms with Crippen molar-refractivity contribution in [1.82, 2.24) is 0 Å². The van der Waals surface area contributed by atoms with Crippen molar-refractivity contribution in [3.05, 3.63) is 41.5 Å². The molecule has 0 spiro atoms. The fraction of sp³-hybridized carbons (Fsp3) is 0.0769. The summed E-state index contributed by atoms with van der Waals surface area (Å²) in [6, 6.07) is 10.3. The van der Waals surface area contributed by atoms with Crippen LogP contribution in [0.5, 0.6) is 0 Å². The molecule has 2 bridgehead atoms. The zero-order valence-electron chi connectivity index (χ0n) is 8.49. The second kappa shape index (κ2) is 2.55. The average molecular weight is 227 g/mol. The molecule has 3 heteroatoms. The second-order valence-corrected chi connectivity index (χ2v) is 5.63. The Morgan fingerprint density at radius 1 is 1.19 bits per heavy atom. The first kappa shape index (κ1) is 8.53. The molecular formula is C13H9NOS. The Balaban J connectivity index is 2.09. The lowest BCUT2D eigenvalue weighted by atomic mass is 10.1. The topological polar surface area (TPSA) is 43.1 Å². The monoisotopic (exact) mass is 227 g/mol. The van der Waals surface area contributed by atoms with Crippen molar-refractivity contribution in [2.24, 2.45) is 0 Å². The summed E-state index contributed by atoms with van der Waals surface area (Å²) < 4.78 is 11.8. The highest BCUT2D eigenvalue weighted by Gasteiger charge is 2.35. The minimum absolute atomic E-state index is 0.741. The van der Waals surface area contributed by atoms with E-state index < -0.39 is 10.8 Å². The summed E-state index contributed by atoms with van der Waals surface area (Å²) in [4.78, 5) is 1.69. The maximum Gasteiger partial charge on any atom is 0.0895 e. The van der Waals surface area contributed by atoms with Crippen LogP contribution in [-0.2, 0) is 17.2 Å². The van der Waals surface area contributed by atoms with Gasteiger partial charge in [0.2, 0.25) is 0 Å². The fourth-order valence-corrected chi connectivity index (χ4v) is 3.97. The lowest BCUT2D eigenvalue weighted by Gasteiger charge is -2.23. The number of nitrogen functional groups attached to an aromatic ring is 1. The second-order valence-electron chi connectivity index (χ2n) is 4.25. The van der Waals surface area contributed by atoms with E-state index >= 15 is 0 Å². The first-order chi connectivity index (χ1) is 7.77. The van der Waals surface area contributed by atoms with Crippen molar-refractivity contribution in [3.8, 4) is 11.1 Å². The van der Waals surface area contributed by atoms with Crippen molar-refractivity contribution in [3.63, 3.8) is 0 Å². The maximum atomic E-state index is 11.8. The van der Waals surface area contributed by atoms with E-state index in [1.807, 2.05) is 18.2 Å². The third-order valence-corrected chi connectivity index (χ3v) is 5.02. The van der Waals surface area contributed by atoms with Gasteiger partial charge in [0.25, 0.3) is 0 Å². The van der Waals surface area contributed by atoms with E-state index in [0.29, 0.717) is 0 Å². The molecule has 2 aromatic rings. The normalized spacial score (nSPS) is 18.9. The minimum atomic E-state index is -0.959. The first-order valence-electron chi connectivity index (χ1n) is 5.23. The molecule has 1 atom stereocenters. The number of anilines is 1. The van der Waals surface area contributed by atoms with Gasteiger partial charge in [0.05, 0.1) is 26.3 Å². The summed E-state index contributed by atoms with van der Waals surface area (Å²) in [5.41, 5.74) is 11.6. The Labute approximate surface area is 95.6 Å². The van der Waals surface area contributed by atoms with Crippen molar-refractivity contribution >= 4 is 16.5 Å². The van der Waals surface area contributed by atoms with Crippen LogP contribution in [0.3, 0.4) is 0 Å². The van der Waals surface area contributed by atoms with Gasteiger partial charge in [0.15, 0.2) is 0 Å². The van der Waals surface area contributed by atoms with E-state index in [1.165, 1.54) is 22.3 Å². The summed E-state index contributed by atoms with van der Waals surface area (Å²) in [6.45, 7) is 0. The van der Waals surface area contributed by atoms with E-state index in [2.05, 4.69) is 12.1 Å². The zero-order chi connectivity index (χ0) is 10.9. The van der Waals surface area contributed by atoms with Crippen LogP contribution in [0.2, 0.25) is 0 Å². The van der Waals surface area contributed by atoms with Crippen LogP contribution >= 0.6 is 0 Å². The molecule has 0 aromatic heterocycles. The largest absolute Gasteiger partial charge is 0.397 e. The van der Waals surface area contributed by atoms with Crippen LogP contribution in [0.15, 0.2) is 40.1 Å². The molecule has 2 aliphatic heterocycles. The highest BCUT2D eigenvalue weighted by atomic mass is 32.2. The van der Waals surface area contributed by atoms with Gasteiger partial charge < -0.3 is 5.73 Å². The van der Waals surface area contributed by atoms with Crippen molar-refractivity contribution in [2.45, 2.75) is 16.2 Å². The molecule has 1 aliphatic carbocycles. The molecule has 0 saturated carbocycles. The lowest BCUT2D eigenvalue weighted by molar-refractivity contribution is 0.678. The van der Waals surface area contributed by atoms with Gasteiger partial charge in [-0.25, -0.2) is 4.21 Å². The summed E-state index contributed by atoms with van der Waals surface area (Å²) in [7, 11) is -0.959. The molecule has 3 aliphatic rings. The molecule has 0 fully saturated rings. The summed E-state index contributed by atoms with van der Waals surface area (Å²) in [5.74, 6) is 0. The number of hydrogen-bond acceptors (Lipinski definition) is 2. The van der Waals surface area contributed by atoms with E-state index in [-0.39, 0.29) is 0 Å². The highest BCUT2D eigenvalue weighted by molar-refractivity contribution is 7.87.